The first-order valence-electron chi connectivity index (χ1n) is 4.92. The second kappa shape index (κ2) is 4.55. The zero-order valence-corrected chi connectivity index (χ0v) is 9.58. The van der Waals surface area contributed by atoms with Crippen molar-refractivity contribution in [3.05, 3.63) is 34.5 Å². The average molecular weight is 222 g/mol. The van der Waals surface area contributed by atoms with Gasteiger partial charge in [0.1, 0.15) is 5.01 Å². The molecule has 0 aliphatic heterocycles. The first-order valence-corrected chi connectivity index (χ1v) is 5.80. The Labute approximate surface area is 92.8 Å². The van der Waals surface area contributed by atoms with Crippen molar-refractivity contribution in [3.63, 3.8) is 0 Å². The number of aromatic nitrogens is 3. The molecule has 0 spiro atoms. The van der Waals surface area contributed by atoms with E-state index in [-0.39, 0.29) is 12.1 Å². The fourth-order valence-corrected chi connectivity index (χ4v) is 2.15. The standard InChI is InChI=1S/C10H14N4S/c1-7(9-3-4-12-14-9)13-8(2)10-11-5-6-15-10/h3-8,13H,1-2H3,(H,12,14). The first-order chi connectivity index (χ1) is 7.27. The Hall–Kier alpha value is -1.20. The third-order valence-corrected chi connectivity index (χ3v) is 3.27. The molecule has 0 fully saturated rings. The van der Waals surface area contributed by atoms with Crippen LogP contribution in [0.25, 0.3) is 0 Å². The molecular formula is C10H14N4S. The van der Waals surface area contributed by atoms with Crippen LogP contribution >= 0.6 is 11.3 Å². The number of hydrogen-bond acceptors (Lipinski definition) is 4. The number of aromatic amines is 1. The summed E-state index contributed by atoms with van der Waals surface area (Å²) in [5.41, 5.74) is 1.10. The van der Waals surface area contributed by atoms with E-state index in [1.54, 1.807) is 17.5 Å². The molecule has 0 saturated carbocycles. The van der Waals surface area contributed by atoms with Gasteiger partial charge in [0.2, 0.25) is 0 Å². The molecule has 4 nitrogen and oxygen atoms in total. The molecule has 0 aliphatic rings. The van der Waals surface area contributed by atoms with Crippen molar-refractivity contribution in [1.82, 2.24) is 20.5 Å². The molecule has 2 atom stereocenters. The maximum Gasteiger partial charge on any atom is 0.109 e. The minimum atomic E-state index is 0.256. The van der Waals surface area contributed by atoms with Crippen LogP contribution in [0.3, 0.4) is 0 Å². The molecular weight excluding hydrogens is 208 g/mol. The number of thiazole rings is 1. The Morgan fingerprint density at radius 3 is 2.80 bits per heavy atom. The summed E-state index contributed by atoms with van der Waals surface area (Å²) in [7, 11) is 0. The minimum Gasteiger partial charge on any atom is -0.300 e. The molecule has 2 N–H and O–H groups in total. The molecule has 2 rings (SSSR count). The summed E-state index contributed by atoms with van der Waals surface area (Å²) >= 11 is 1.67. The van der Waals surface area contributed by atoms with E-state index in [4.69, 9.17) is 0 Å². The zero-order chi connectivity index (χ0) is 10.7. The average Bonchev–Trinajstić information content (AvgIpc) is 2.91. The van der Waals surface area contributed by atoms with Gasteiger partial charge in [0.05, 0.1) is 11.7 Å². The fraction of sp³-hybridized carbons (Fsp3) is 0.400. The van der Waals surface area contributed by atoms with Crippen LogP contribution in [0.1, 0.15) is 36.6 Å². The van der Waals surface area contributed by atoms with E-state index in [0.717, 1.165) is 10.7 Å². The second-order valence-electron chi connectivity index (χ2n) is 3.49. The molecule has 80 valence electrons. The largest absolute Gasteiger partial charge is 0.300 e. The molecule has 0 aromatic carbocycles. The number of hydrogen-bond donors (Lipinski definition) is 2. The van der Waals surface area contributed by atoms with Crippen LogP contribution in [0.5, 0.6) is 0 Å². The summed E-state index contributed by atoms with van der Waals surface area (Å²) in [6.45, 7) is 4.23. The summed E-state index contributed by atoms with van der Waals surface area (Å²) in [6.07, 6.45) is 3.60. The number of H-pyrrole nitrogens is 1. The molecule has 2 aromatic rings. The van der Waals surface area contributed by atoms with Crippen molar-refractivity contribution in [2.75, 3.05) is 0 Å². The van der Waals surface area contributed by atoms with E-state index < -0.39 is 0 Å². The summed E-state index contributed by atoms with van der Waals surface area (Å²) in [5, 5.41) is 13.5. The van der Waals surface area contributed by atoms with Gasteiger partial charge in [-0.15, -0.1) is 11.3 Å². The summed E-state index contributed by atoms with van der Waals surface area (Å²) in [6, 6.07) is 2.50. The topological polar surface area (TPSA) is 53.6 Å². The van der Waals surface area contributed by atoms with Crippen molar-refractivity contribution >= 4 is 11.3 Å². The molecule has 0 saturated heterocycles. The monoisotopic (exact) mass is 222 g/mol. The highest BCUT2D eigenvalue weighted by Crippen LogP contribution is 2.19. The number of nitrogens with zero attached hydrogens (tertiary/aromatic N) is 2. The van der Waals surface area contributed by atoms with Gasteiger partial charge in [0.25, 0.3) is 0 Å². The van der Waals surface area contributed by atoms with E-state index in [9.17, 15) is 0 Å². The Bertz CT molecular complexity index is 343. The third-order valence-electron chi connectivity index (χ3n) is 2.31. The predicted octanol–water partition coefficient (Wildman–Crippen LogP) is 2.28. The Balaban J connectivity index is 1.98. The Morgan fingerprint density at radius 1 is 1.33 bits per heavy atom. The highest BCUT2D eigenvalue weighted by Gasteiger charge is 2.13. The Kier molecular flexibility index (Phi) is 3.13. The molecule has 2 heterocycles. The van der Waals surface area contributed by atoms with Gasteiger partial charge >= 0.3 is 0 Å². The lowest BCUT2D eigenvalue weighted by Gasteiger charge is -2.16. The van der Waals surface area contributed by atoms with Crippen LogP contribution in [-0.2, 0) is 0 Å². The number of rotatable bonds is 4. The van der Waals surface area contributed by atoms with Crippen LogP contribution in [0, 0.1) is 0 Å². The Morgan fingerprint density at radius 2 is 2.20 bits per heavy atom. The van der Waals surface area contributed by atoms with Gasteiger partial charge < -0.3 is 5.32 Å². The second-order valence-corrected chi connectivity index (χ2v) is 4.42. The first kappa shape index (κ1) is 10.3. The molecule has 15 heavy (non-hydrogen) atoms. The molecule has 5 heteroatoms. The van der Waals surface area contributed by atoms with Crippen LogP contribution < -0.4 is 5.32 Å². The lowest BCUT2D eigenvalue weighted by atomic mass is 10.2. The van der Waals surface area contributed by atoms with Crippen molar-refractivity contribution < 1.29 is 0 Å². The SMILES string of the molecule is CC(NC(C)c1nccs1)c1ccn[nH]1. The van der Waals surface area contributed by atoms with E-state index >= 15 is 0 Å². The van der Waals surface area contributed by atoms with E-state index in [0.29, 0.717) is 0 Å². The van der Waals surface area contributed by atoms with Crippen LogP contribution in [-0.4, -0.2) is 15.2 Å². The van der Waals surface area contributed by atoms with Gasteiger partial charge in [-0.3, -0.25) is 5.10 Å². The molecule has 2 aromatic heterocycles. The van der Waals surface area contributed by atoms with Crippen LogP contribution in [0.4, 0.5) is 0 Å². The van der Waals surface area contributed by atoms with Gasteiger partial charge in [0.15, 0.2) is 0 Å². The molecule has 0 bridgehead atoms. The quantitative estimate of drug-likeness (QED) is 0.834. The van der Waals surface area contributed by atoms with Crippen molar-refractivity contribution in [3.8, 4) is 0 Å². The molecule has 0 radical (unpaired) electrons. The zero-order valence-electron chi connectivity index (χ0n) is 8.77. The predicted molar refractivity (Wildman–Crippen MR) is 60.7 cm³/mol. The molecule has 0 amide bonds. The summed E-state index contributed by atoms with van der Waals surface area (Å²) in [4.78, 5) is 4.28. The van der Waals surface area contributed by atoms with E-state index in [2.05, 4.69) is 34.3 Å². The fourth-order valence-electron chi connectivity index (χ4n) is 1.49. The van der Waals surface area contributed by atoms with Gasteiger partial charge in [-0.05, 0) is 19.9 Å². The smallest absolute Gasteiger partial charge is 0.109 e. The molecule has 0 aliphatic carbocycles. The summed E-state index contributed by atoms with van der Waals surface area (Å²) in [5.74, 6) is 0. The van der Waals surface area contributed by atoms with Gasteiger partial charge in [-0.1, -0.05) is 0 Å². The lowest BCUT2D eigenvalue weighted by molar-refractivity contribution is 0.484. The maximum absolute atomic E-state index is 4.28. The van der Waals surface area contributed by atoms with Gasteiger partial charge in [0, 0.05) is 23.8 Å². The van der Waals surface area contributed by atoms with Gasteiger partial charge in [-0.25, -0.2) is 4.98 Å². The van der Waals surface area contributed by atoms with Crippen molar-refractivity contribution in [1.29, 1.82) is 0 Å². The van der Waals surface area contributed by atoms with Crippen LogP contribution in [0.15, 0.2) is 23.8 Å². The maximum atomic E-state index is 4.28. The lowest BCUT2D eigenvalue weighted by Crippen LogP contribution is -2.22. The van der Waals surface area contributed by atoms with Gasteiger partial charge in [-0.2, -0.15) is 5.10 Å². The highest BCUT2D eigenvalue weighted by atomic mass is 32.1. The van der Waals surface area contributed by atoms with E-state index in [1.807, 2.05) is 17.6 Å². The van der Waals surface area contributed by atoms with Crippen molar-refractivity contribution in [2.24, 2.45) is 0 Å². The highest BCUT2D eigenvalue weighted by molar-refractivity contribution is 7.09. The van der Waals surface area contributed by atoms with Crippen LogP contribution in [0.2, 0.25) is 0 Å². The number of nitrogens with one attached hydrogen (secondary N) is 2. The summed E-state index contributed by atoms with van der Waals surface area (Å²) < 4.78 is 0. The van der Waals surface area contributed by atoms with Crippen molar-refractivity contribution in [2.45, 2.75) is 25.9 Å². The minimum absolute atomic E-state index is 0.256. The van der Waals surface area contributed by atoms with E-state index in [1.165, 1.54) is 0 Å². The normalized spacial score (nSPS) is 15.1. The third kappa shape index (κ3) is 2.43. The molecule has 2 unspecified atom stereocenters.